The molecule has 2 bridgehead atoms. The fraction of sp³-hybridized carbons (Fsp3) is 0.938. The van der Waals surface area contributed by atoms with Crippen molar-refractivity contribution < 1.29 is 9.53 Å². The first kappa shape index (κ1) is 15.8. The van der Waals surface area contributed by atoms with Crippen molar-refractivity contribution in [1.82, 2.24) is 10.2 Å². The van der Waals surface area contributed by atoms with Gasteiger partial charge in [-0.25, -0.2) is 0 Å². The maximum Gasteiger partial charge on any atom is 0.324 e. The summed E-state index contributed by atoms with van der Waals surface area (Å²) < 4.78 is 4.91. The molecule has 0 aromatic heterocycles. The Morgan fingerprint density at radius 3 is 2.60 bits per heavy atom. The molecule has 4 unspecified atom stereocenters. The van der Waals surface area contributed by atoms with Crippen LogP contribution in [0.3, 0.4) is 0 Å². The van der Waals surface area contributed by atoms with Gasteiger partial charge < -0.3 is 15.0 Å². The van der Waals surface area contributed by atoms with Crippen LogP contribution in [-0.2, 0) is 9.53 Å². The maximum atomic E-state index is 11.8. The summed E-state index contributed by atoms with van der Waals surface area (Å²) in [4.78, 5) is 14.1. The first-order chi connectivity index (χ1) is 9.49. The third kappa shape index (κ3) is 3.95. The third-order valence-electron chi connectivity index (χ3n) is 4.95. The van der Waals surface area contributed by atoms with Crippen LogP contribution in [0, 0.1) is 17.8 Å². The molecule has 1 N–H and O–H groups in total. The van der Waals surface area contributed by atoms with E-state index in [0.29, 0.717) is 0 Å². The Morgan fingerprint density at radius 2 is 2.10 bits per heavy atom. The molecule has 0 saturated heterocycles. The van der Waals surface area contributed by atoms with Gasteiger partial charge in [-0.05, 0) is 44.1 Å². The Hall–Kier alpha value is -0.610. The lowest BCUT2D eigenvalue weighted by atomic mass is 9.88. The number of esters is 1. The van der Waals surface area contributed by atoms with Crippen LogP contribution >= 0.6 is 0 Å². The Labute approximate surface area is 123 Å². The zero-order valence-corrected chi connectivity index (χ0v) is 13.4. The summed E-state index contributed by atoms with van der Waals surface area (Å²) in [6.45, 7) is 5.98. The number of ether oxygens (including phenoxy) is 1. The summed E-state index contributed by atoms with van der Waals surface area (Å²) in [6, 6.07) is 0.0681. The van der Waals surface area contributed by atoms with Gasteiger partial charge in [-0.1, -0.05) is 20.3 Å². The summed E-state index contributed by atoms with van der Waals surface area (Å²) in [5.74, 6) is 2.62. The molecule has 2 rings (SSSR count). The fourth-order valence-corrected chi connectivity index (χ4v) is 4.13. The second kappa shape index (κ2) is 6.90. The molecule has 116 valence electrons. The van der Waals surface area contributed by atoms with Gasteiger partial charge in [0.15, 0.2) is 0 Å². The molecule has 0 aromatic carbocycles. The minimum Gasteiger partial charge on any atom is -0.468 e. The molecule has 20 heavy (non-hydrogen) atoms. The summed E-state index contributed by atoms with van der Waals surface area (Å²) in [6.07, 6.45) is 5.72. The van der Waals surface area contributed by atoms with Gasteiger partial charge in [0, 0.05) is 19.1 Å². The van der Waals surface area contributed by atoms with Crippen molar-refractivity contribution in [3.63, 3.8) is 0 Å². The Morgan fingerprint density at radius 1 is 1.35 bits per heavy atom. The maximum absolute atomic E-state index is 11.8. The van der Waals surface area contributed by atoms with E-state index in [-0.39, 0.29) is 18.1 Å². The minimum absolute atomic E-state index is 0.154. The van der Waals surface area contributed by atoms with Crippen molar-refractivity contribution in [2.45, 2.75) is 51.6 Å². The van der Waals surface area contributed by atoms with E-state index in [1.54, 1.807) is 0 Å². The molecular weight excluding hydrogens is 252 g/mol. The van der Waals surface area contributed by atoms with E-state index in [9.17, 15) is 4.79 Å². The normalized spacial score (nSPS) is 30.2. The molecule has 0 aromatic rings. The van der Waals surface area contributed by atoms with Crippen LogP contribution in [0.15, 0.2) is 0 Å². The minimum atomic E-state index is -0.219. The van der Waals surface area contributed by atoms with Crippen LogP contribution in [0.5, 0.6) is 0 Å². The monoisotopic (exact) mass is 282 g/mol. The van der Waals surface area contributed by atoms with Crippen molar-refractivity contribution in [2.75, 3.05) is 27.2 Å². The van der Waals surface area contributed by atoms with Gasteiger partial charge in [-0.2, -0.15) is 0 Å². The van der Waals surface area contributed by atoms with Crippen LogP contribution < -0.4 is 5.32 Å². The number of nitrogens with one attached hydrogen (secondary N) is 1. The van der Waals surface area contributed by atoms with E-state index < -0.39 is 0 Å². The number of likely N-dealkylation sites (N-methyl/N-ethyl adjacent to an activating group) is 1. The predicted octanol–water partition coefficient (Wildman–Crippen LogP) is 1.89. The van der Waals surface area contributed by atoms with Crippen molar-refractivity contribution >= 4 is 5.97 Å². The van der Waals surface area contributed by atoms with Crippen molar-refractivity contribution in [3.05, 3.63) is 0 Å². The number of carbonyl (C=O) groups is 1. The van der Waals surface area contributed by atoms with Crippen LogP contribution in [0.2, 0.25) is 0 Å². The quantitative estimate of drug-likeness (QED) is 0.724. The molecule has 2 fully saturated rings. The molecule has 2 saturated carbocycles. The number of nitrogens with zero attached hydrogens (tertiary/aromatic N) is 1. The molecule has 2 aliphatic rings. The number of carbonyl (C=O) groups excluding carboxylic acids is 1. The molecule has 2 aliphatic carbocycles. The molecule has 0 radical (unpaired) electrons. The Bertz CT molecular complexity index is 332. The third-order valence-corrected chi connectivity index (χ3v) is 4.95. The lowest BCUT2D eigenvalue weighted by Gasteiger charge is -2.30. The molecule has 4 atom stereocenters. The zero-order valence-electron chi connectivity index (χ0n) is 13.4. The number of hydrogen-bond donors (Lipinski definition) is 1. The summed E-state index contributed by atoms with van der Waals surface area (Å²) in [5, 5.41) is 3.30. The second-order valence-corrected chi connectivity index (χ2v) is 7.05. The highest BCUT2D eigenvalue weighted by Crippen LogP contribution is 2.48. The standard InChI is InChI=1S/C16H30N2O2/c1-11(2)17-15(16(19)20-4)10-18(3)9-14-8-12-5-6-13(14)7-12/h11-15,17H,5-10H2,1-4H3. The van der Waals surface area contributed by atoms with Gasteiger partial charge in [0.25, 0.3) is 0 Å². The van der Waals surface area contributed by atoms with Gasteiger partial charge >= 0.3 is 5.97 Å². The number of rotatable bonds is 7. The average molecular weight is 282 g/mol. The largest absolute Gasteiger partial charge is 0.468 e. The van der Waals surface area contributed by atoms with Gasteiger partial charge in [0.2, 0.25) is 0 Å². The predicted molar refractivity (Wildman–Crippen MR) is 80.5 cm³/mol. The zero-order chi connectivity index (χ0) is 14.7. The lowest BCUT2D eigenvalue weighted by Crippen LogP contribution is -2.49. The lowest BCUT2D eigenvalue weighted by molar-refractivity contribution is -0.143. The first-order valence-electron chi connectivity index (χ1n) is 8.02. The van der Waals surface area contributed by atoms with E-state index in [4.69, 9.17) is 4.74 Å². The summed E-state index contributed by atoms with van der Waals surface area (Å²) >= 11 is 0. The van der Waals surface area contributed by atoms with E-state index >= 15 is 0 Å². The van der Waals surface area contributed by atoms with Crippen molar-refractivity contribution in [3.8, 4) is 0 Å². The summed E-state index contributed by atoms with van der Waals surface area (Å²) in [7, 11) is 3.59. The van der Waals surface area contributed by atoms with E-state index in [1.165, 1.54) is 32.8 Å². The SMILES string of the molecule is COC(=O)C(CN(C)CC1CC2CCC1C2)NC(C)C. The highest BCUT2D eigenvalue weighted by atomic mass is 16.5. The molecular formula is C16H30N2O2. The van der Waals surface area contributed by atoms with Gasteiger partial charge in [-0.3, -0.25) is 4.79 Å². The van der Waals surface area contributed by atoms with E-state index in [1.807, 2.05) is 0 Å². The van der Waals surface area contributed by atoms with Crippen molar-refractivity contribution in [1.29, 1.82) is 0 Å². The first-order valence-corrected chi connectivity index (χ1v) is 8.02. The molecule has 4 heteroatoms. The van der Waals surface area contributed by atoms with E-state index in [0.717, 1.165) is 30.8 Å². The fourth-order valence-electron chi connectivity index (χ4n) is 4.13. The Balaban J connectivity index is 1.81. The van der Waals surface area contributed by atoms with Gasteiger partial charge in [-0.15, -0.1) is 0 Å². The topological polar surface area (TPSA) is 41.6 Å². The summed E-state index contributed by atoms with van der Waals surface area (Å²) in [5.41, 5.74) is 0. The average Bonchev–Trinajstić information content (AvgIpc) is 2.98. The molecule has 0 spiro atoms. The second-order valence-electron chi connectivity index (χ2n) is 7.05. The van der Waals surface area contributed by atoms with E-state index in [2.05, 4.69) is 31.1 Å². The van der Waals surface area contributed by atoms with Gasteiger partial charge in [0.05, 0.1) is 7.11 Å². The van der Waals surface area contributed by atoms with Crippen LogP contribution in [0.25, 0.3) is 0 Å². The smallest absolute Gasteiger partial charge is 0.324 e. The van der Waals surface area contributed by atoms with Crippen molar-refractivity contribution in [2.24, 2.45) is 17.8 Å². The molecule has 0 amide bonds. The Kier molecular flexibility index (Phi) is 5.44. The highest BCUT2D eigenvalue weighted by molar-refractivity contribution is 5.75. The van der Waals surface area contributed by atoms with Crippen LogP contribution in [0.1, 0.15) is 39.5 Å². The number of methoxy groups -OCH3 is 1. The highest BCUT2D eigenvalue weighted by Gasteiger charge is 2.39. The van der Waals surface area contributed by atoms with Gasteiger partial charge in [0.1, 0.15) is 6.04 Å². The number of hydrogen-bond acceptors (Lipinski definition) is 4. The molecule has 4 nitrogen and oxygen atoms in total. The molecule has 0 heterocycles. The van der Waals surface area contributed by atoms with Crippen LogP contribution in [0.4, 0.5) is 0 Å². The number of fused-ring (bicyclic) bond motifs is 2. The van der Waals surface area contributed by atoms with Crippen LogP contribution in [-0.4, -0.2) is 50.2 Å². The molecule has 0 aliphatic heterocycles.